The number of hydrogen-bond acceptors (Lipinski definition) is 3. The van der Waals surface area contributed by atoms with Crippen molar-refractivity contribution in [1.29, 1.82) is 0 Å². The van der Waals surface area contributed by atoms with Gasteiger partial charge in [-0.25, -0.2) is 9.18 Å². The number of nitrogens with zero attached hydrogens (tertiary/aromatic N) is 1. The van der Waals surface area contributed by atoms with Gasteiger partial charge >= 0.3 is 5.97 Å². The van der Waals surface area contributed by atoms with Gasteiger partial charge in [0.2, 0.25) is 5.67 Å². The molecule has 0 aromatic heterocycles. The molecule has 1 fully saturated rings. The summed E-state index contributed by atoms with van der Waals surface area (Å²) in [7, 11) is 0. The number of hydrogen-bond donors (Lipinski definition) is 0. The Bertz CT molecular complexity index is 483. The van der Waals surface area contributed by atoms with Crippen molar-refractivity contribution < 1.29 is 13.9 Å². The molecule has 1 aromatic rings. The van der Waals surface area contributed by atoms with Crippen LogP contribution in [0.1, 0.15) is 51.5 Å². The van der Waals surface area contributed by atoms with E-state index in [-0.39, 0.29) is 13.2 Å². The highest BCUT2D eigenvalue weighted by atomic mass is 19.1. The standard InChI is InChI=1S/C19H28FNO2/c1-3-23-18(22)19(2,20)15-21(17-12-8-5-9-13-17)14-16-10-6-4-7-11-16/h4,6-7,10-11,17H,3,5,8-9,12-15H2,1-2H3. The van der Waals surface area contributed by atoms with Crippen molar-refractivity contribution in [2.75, 3.05) is 13.2 Å². The van der Waals surface area contributed by atoms with E-state index in [0.29, 0.717) is 12.6 Å². The summed E-state index contributed by atoms with van der Waals surface area (Å²) in [4.78, 5) is 14.0. The highest BCUT2D eigenvalue weighted by Gasteiger charge is 2.38. The molecule has 0 aliphatic heterocycles. The predicted octanol–water partition coefficient (Wildman–Crippen LogP) is 4.11. The largest absolute Gasteiger partial charge is 0.464 e. The fourth-order valence-electron chi connectivity index (χ4n) is 3.31. The molecule has 1 aliphatic rings. The summed E-state index contributed by atoms with van der Waals surface area (Å²) in [6.45, 7) is 4.01. The Morgan fingerprint density at radius 2 is 1.91 bits per heavy atom. The zero-order valence-electron chi connectivity index (χ0n) is 14.3. The second kappa shape index (κ2) is 8.44. The molecule has 2 rings (SSSR count). The highest BCUT2D eigenvalue weighted by Crippen LogP contribution is 2.27. The smallest absolute Gasteiger partial charge is 0.344 e. The zero-order valence-corrected chi connectivity index (χ0v) is 14.3. The summed E-state index contributed by atoms with van der Waals surface area (Å²) < 4.78 is 19.8. The lowest BCUT2D eigenvalue weighted by atomic mass is 9.92. The van der Waals surface area contributed by atoms with E-state index < -0.39 is 11.6 Å². The maximum Gasteiger partial charge on any atom is 0.344 e. The number of ether oxygens (including phenoxy) is 1. The van der Waals surface area contributed by atoms with Crippen LogP contribution in [0, 0.1) is 0 Å². The molecule has 0 spiro atoms. The number of halogens is 1. The lowest BCUT2D eigenvalue weighted by molar-refractivity contribution is -0.158. The Balaban J connectivity index is 2.10. The van der Waals surface area contributed by atoms with Crippen LogP contribution in [0.15, 0.2) is 30.3 Å². The molecular formula is C19H28FNO2. The molecule has 0 bridgehead atoms. The minimum Gasteiger partial charge on any atom is -0.464 e. The Morgan fingerprint density at radius 1 is 1.26 bits per heavy atom. The van der Waals surface area contributed by atoms with Crippen LogP contribution in [-0.2, 0) is 16.1 Å². The first-order chi connectivity index (χ1) is 11.0. The van der Waals surface area contributed by atoms with Crippen LogP contribution in [0.3, 0.4) is 0 Å². The van der Waals surface area contributed by atoms with Crippen molar-refractivity contribution in [3.05, 3.63) is 35.9 Å². The first-order valence-electron chi connectivity index (χ1n) is 8.67. The van der Waals surface area contributed by atoms with Gasteiger partial charge in [0.05, 0.1) is 6.61 Å². The molecule has 1 saturated carbocycles. The molecule has 4 heteroatoms. The van der Waals surface area contributed by atoms with Crippen molar-refractivity contribution in [2.45, 2.75) is 64.2 Å². The number of carbonyl (C=O) groups is 1. The number of rotatable bonds is 7. The minimum absolute atomic E-state index is 0.0887. The normalized spacial score (nSPS) is 18.6. The van der Waals surface area contributed by atoms with E-state index in [2.05, 4.69) is 17.0 Å². The maximum atomic E-state index is 14.9. The van der Waals surface area contributed by atoms with Gasteiger partial charge in [-0.2, -0.15) is 0 Å². The first-order valence-corrected chi connectivity index (χ1v) is 8.67. The summed E-state index contributed by atoms with van der Waals surface area (Å²) in [5.74, 6) is -0.756. The van der Waals surface area contributed by atoms with Crippen molar-refractivity contribution in [2.24, 2.45) is 0 Å². The van der Waals surface area contributed by atoms with Gasteiger partial charge in [0.25, 0.3) is 0 Å². The third-order valence-corrected chi connectivity index (χ3v) is 4.52. The molecule has 1 unspecified atom stereocenters. The molecule has 0 saturated heterocycles. The fraction of sp³-hybridized carbons (Fsp3) is 0.632. The van der Waals surface area contributed by atoms with Gasteiger partial charge in [-0.05, 0) is 32.3 Å². The van der Waals surface area contributed by atoms with Crippen LogP contribution in [0.25, 0.3) is 0 Å². The second-order valence-electron chi connectivity index (χ2n) is 6.60. The molecule has 1 aromatic carbocycles. The Kier molecular flexibility index (Phi) is 6.58. The van der Waals surface area contributed by atoms with Crippen LogP contribution in [0.4, 0.5) is 4.39 Å². The monoisotopic (exact) mass is 321 g/mol. The Hall–Kier alpha value is -1.42. The van der Waals surface area contributed by atoms with Crippen LogP contribution < -0.4 is 0 Å². The zero-order chi connectivity index (χ0) is 16.7. The molecule has 1 atom stereocenters. The van der Waals surface area contributed by atoms with E-state index in [4.69, 9.17) is 4.74 Å². The van der Waals surface area contributed by atoms with Gasteiger partial charge in [-0.15, -0.1) is 0 Å². The van der Waals surface area contributed by atoms with Crippen LogP contribution in [-0.4, -0.2) is 35.7 Å². The van der Waals surface area contributed by atoms with Crippen molar-refractivity contribution >= 4 is 5.97 Å². The molecule has 1 aliphatic carbocycles. The summed E-state index contributed by atoms with van der Waals surface area (Å²) in [6.07, 6.45) is 5.76. The van der Waals surface area contributed by atoms with E-state index in [0.717, 1.165) is 18.4 Å². The van der Waals surface area contributed by atoms with Gasteiger partial charge in [0.1, 0.15) is 0 Å². The third-order valence-electron chi connectivity index (χ3n) is 4.52. The molecule has 0 amide bonds. The van der Waals surface area contributed by atoms with E-state index in [1.165, 1.54) is 26.2 Å². The Labute approximate surface area is 138 Å². The molecule has 23 heavy (non-hydrogen) atoms. The predicted molar refractivity (Wildman–Crippen MR) is 89.9 cm³/mol. The maximum absolute atomic E-state index is 14.9. The van der Waals surface area contributed by atoms with E-state index in [1.54, 1.807) is 6.92 Å². The molecular weight excluding hydrogens is 293 g/mol. The van der Waals surface area contributed by atoms with E-state index in [1.807, 2.05) is 18.2 Å². The third kappa shape index (κ3) is 5.31. The van der Waals surface area contributed by atoms with Gasteiger partial charge in [-0.3, -0.25) is 4.90 Å². The summed E-state index contributed by atoms with van der Waals surface area (Å²) in [5.41, 5.74) is -0.819. The first kappa shape index (κ1) is 17.9. The van der Waals surface area contributed by atoms with Crippen LogP contribution in [0.5, 0.6) is 0 Å². The van der Waals surface area contributed by atoms with E-state index >= 15 is 0 Å². The number of benzene rings is 1. The van der Waals surface area contributed by atoms with E-state index in [9.17, 15) is 9.18 Å². The summed E-state index contributed by atoms with van der Waals surface area (Å²) in [6, 6.07) is 10.4. The van der Waals surface area contributed by atoms with Crippen molar-refractivity contribution in [3.8, 4) is 0 Å². The fourth-order valence-corrected chi connectivity index (χ4v) is 3.31. The van der Waals surface area contributed by atoms with Crippen LogP contribution >= 0.6 is 0 Å². The summed E-state index contributed by atoms with van der Waals surface area (Å²) in [5, 5.41) is 0. The molecule has 0 heterocycles. The summed E-state index contributed by atoms with van der Waals surface area (Å²) >= 11 is 0. The molecule has 0 radical (unpaired) electrons. The quantitative estimate of drug-likeness (QED) is 0.708. The van der Waals surface area contributed by atoms with Crippen molar-refractivity contribution in [3.63, 3.8) is 0 Å². The van der Waals surface area contributed by atoms with Gasteiger partial charge in [0.15, 0.2) is 0 Å². The average Bonchev–Trinajstić information content (AvgIpc) is 2.56. The number of esters is 1. The second-order valence-corrected chi connectivity index (χ2v) is 6.60. The van der Waals surface area contributed by atoms with Gasteiger partial charge in [0, 0.05) is 19.1 Å². The number of alkyl halides is 1. The lowest BCUT2D eigenvalue weighted by Gasteiger charge is -2.37. The SMILES string of the molecule is CCOC(=O)C(C)(F)CN(Cc1ccccc1)C1CCCCC1. The van der Waals surface area contributed by atoms with Gasteiger partial charge in [-0.1, -0.05) is 49.6 Å². The van der Waals surface area contributed by atoms with Crippen molar-refractivity contribution in [1.82, 2.24) is 4.90 Å². The molecule has 128 valence electrons. The molecule has 0 N–H and O–H groups in total. The topological polar surface area (TPSA) is 29.5 Å². The lowest BCUT2D eigenvalue weighted by Crippen LogP contribution is -2.48. The minimum atomic E-state index is -1.97. The Morgan fingerprint density at radius 3 is 2.52 bits per heavy atom. The average molecular weight is 321 g/mol. The number of carbonyl (C=O) groups excluding carboxylic acids is 1. The van der Waals surface area contributed by atoms with Crippen LogP contribution in [0.2, 0.25) is 0 Å². The highest BCUT2D eigenvalue weighted by molar-refractivity contribution is 5.79. The van der Waals surface area contributed by atoms with Gasteiger partial charge < -0.3 is 4.74 Å². The molecule has 3 nitrogen and oxygen atoms in total.